The molecule has 0 bridgehead atoms. The summed E-state index contributed by atoms with van der Waals surface area (Å²) in [4.78, 5) is 0. The summed E-state index contributed by atoms with van der Waals surface area (Å²) in [5, 5.41) is 5.06. The highest BCUT2D eigenvalue weighted by Crippen LogP contribution is 2.26. The third kappa shape index (κ3) is 2.42. The van der Waals surface area contributed by atoms with Gasteiger partial charge in [0.15, 0.2) is 0 Å². The fourth-order valence-electron chi connectivity index (χ4n) is 2.84. The number of hydrogen-bond donors (Lipinski definition) is 0. The summed E-state index contributed by atoms with van der Waals surface area (Å²) < 4.78 is 5.91. The van der Waals surface area contributed by atoms with Crippen LogP contribution in [0.5, 0.6) is 5.75 Å². The zero-order valence-corrected chi connectivity index (χ0v) is 12.2. The standard InChI is InChI=1S/C21H16O/c1-2-11-20(12-3-1)22-15-19-10-6-9-18-13-16-7-4-5-8-17(16)14-21(18)19/h1-14H,15H2. The Morgan fingerprint density at radius 2 is 1.27 bits per heavy atom. The fraction of sp³-hybridized carbons (Fsp3) is 0.0476. The number of benzene rings is 4. The molecule has 0 unspecified atom stereocenters. The van der Waals surface area contributed by atoms with Crippen LogP contribution in [0.1, 0.15) is 5.56 Å². The van der Waals surface area contributed by atoms with E-state index in [-0.39, 0.29) is 0 Å². The highest BCUT2D eigenvalue weighted by molar-refractivity contribution is 5.99. The smallest absolute Gasteiger partial charge is 0.119 e. The van der Waals surface area contributed by atoms with E-state index in [1.807, 2.05) is 30.3 Å². The van der Waals surface area contributed by atoms with Gasteiger partial charge in [-0.25, -0.2) is 0 Å². The second-order valence-corrected chi connectivity index (χ2v) is 5.44. The second-order valence-electron chi connectivity index (χ2n) is 5.44. The SMILES string of the molecule is c1ccc(OCc2cccc3cc4ccccc4cc23)cc1. The third-order valence-corrected chi connectivity index (χ3v) is 3.97. The molecular weight excluding hydrogens is 268 g/mol. The zero-order valence-electron chi connectivity index (χ0n) is 12.2. The Bertz CT molecular complexity index is 926. The van der Waals surface area contributed by atoms with Crippen LogP contribution in [0.15, 0.2) is 84.9 Å². The molecule has 22 heavy (non-hydrogen) atoms. The van der Waals surface area contributed by atoms with Crippen LogP contribution in [0.2, 0.25) is 0 Å². The minimum Gasteiger partial charge on any atom is -0.489 e. The van der Waals surface area contributed by atoms with Crippen molar-refractivity contribution in [1.82, 2.24) is 0 Å². The van der Waals surface area contributed by atoms with Crippen LogP contribution in [0.25, 0.3) is 21.5 Å². The molecule has 0 atom stereocenters. The number of hydrogen-bond acceptors (Lipinski definition) is 1. The molecule has 0 aliphatic heterocycles. The van der Waals surface area contributed by atoms with Gasteiger partial charge in [-0.1, -0.05) is 60.7 Å². The van der Waals surface area contributed by atoms with Crippen molar-refractivity contribution >= 4 is 21.5 Å². The fourth-order valence-corrected chi connectivity index (χ4v) is 2.84. The van der Waals surface area contributed by atoms with Crippen molar-refractivity contribution in [3.05, 3.63) is 90.5 Å². The first-order chi connectivity index (χ1) is 10.9. The van der Waals surface area contributed by atoms with Gasteiger partial charge in [0.05, 0.1) is 0 Å². The molecule has 0 aliphatic rings. The van der Waals surface area contributed by atoms with E-state index >= 15 is 0 Å². The van der Waals surface area contributed by atoms with Crippen molar-refractivity contribution < 1.29 is 4.74 Å². The average molecular weight is 284 g/mol. The van der Waals surface area contributed by atoms with Gasteiger partial charge in [-0.15, -0.1) is 0 Å². The van der Waals surface area contributed by atoms with Crippen molar-refractivity contribution in [1.29, 1.82) is 0 Å². The van der Waals surface area contributed by atoms with Crippen LogP contribution >= 0.6 is 0 Å². The van der Waals surface area contributed by atoms with Crippen LogP contribution in [0, 0.1) is 0 Å². The first-order valence-electron chi connectivity index (χ1n) is 7.48. The molecule has 0 spiro atoms. The molecule has 4 rings (SSSR count). The van der Waals surface area contributed by atoms with Crippen molar-refractivity contribution in [2.45, 2.75) is 6.61 Å². The van der Waals surface area contributed by atoms with E-state index in [1.54, 1.807) is 0 Å². The maximum Gasteiger partial charge on any atom is 0.119 e. The summed E-state index contributed by atoms with van der Waals surface area (Å²) >= 11 is 0. The van der Waals surface area contributed by atoms with Gasteiger partial charge in [-0.2, -0.15) is 0 Å². The first-order valence-corrected chi connectivity index (χ1v) is 7.48. The molecule has 0 amide bonds. The Morgan fingerprint density at radius 3 is 2.09 bits per heavy atom. The van der Waals surface area contributed by atoms with Gasteiger partial charge >= 0.3 is 0 Å². The molecule has 0 heterocycles. The molecule has 0 fully saturated rings. The van der Waals surface area contributed by atoms with Gasteiger partial charge in [-0.05, 0) is 51.4 Å². The van der Waals surface area contributed by atoms with E-state index in [0.717, 1.165) is 5.75 Å². The number of para-hydroxylation sites is 1. The van der Waals surface area contributed by atoms with E-state index in [1.165, 1.54) is 27.1 Å². The summed E-state index contributed by atoms with van der Waals surface area (Å²) in [5.41, 5.74) is 1.21. The van der Waals surface area contributed by atoms with Crippen LogP contribution in [-0.2, 0) is 6.61 Å². The highest BCUT2D eigenvalue weighted by atomic mass is 16.5. The summed E-state index contributed by atoms with van der Waals surface area (Å²) in [7, 11) is 0. The highest BCUT2D eigenvalue weighted by Gasteiger charge is 2.04. The molecule has 4 aromatic carbocycles. The first kappa shape index (κ1) is 12.9. The predicted molar refractivity (Wildman–Crippen MR) is 92.2 cm³/mol. The van der Waals surface area contributed by atoms with E-state index < -0.39 is 0 Å². The van der Waals surface area contributed by atoms with Crippen LogP contribution in [-0.4, -0.2) is 0 Å². The number of ether oxygens (including phenoxy) is 1. The lowest BCUT2D eigenvalue weighted by Gasteiger charge is -2.10. The average Bonchev–Trinajstić information content (AvgIpc) is 2.59. The molecular formula is C21H16O. The summed E-state index contributed by atoms with van der Waals surface area (Å²) in [6.07, 6.45) is 0. The molecule has 0 N–H and O–H groups in total. The van der Waals surface area contributed by atoms with Crippen molar-refractivity contribution in [2.24, 2.45) is 0 Å². The van der Waals surface area contributed by atoms with Crippen molar-refractivity contribution in [2.75, 3.05) is 0 Å². The van der Waals surface area contributed by atoms with Gasteiger partial charge in [-0.3, -0.25) is 0 Å². The maximum atomic E-state index is 5.91. The van der Waals surface area contributed by atoms with E-state index in [0.29, 0.717) is 6.61 Å². The van der Waals surface area contributed by atoms with Gasteiger partial charge < -0.3 is 4.74 Å². The molecule has 4 aromatic rings. The van der Waals surface area contributed by atoms with E-state index in [9.17, 15) is 0 Å². The van der Waals surface area contributed by atoms with Crippen LogP contribution in [0.3, 0.4) is 0 Å². The molecule has 1 nitrogen and oxygen atoms in total. The van der Waals surface area contributed by atoms with Crippen LogP contribution in [0.4, 0.5) is 0 Å². The van der Waals surface area contributed by atoms with Crippen molar-refractivity contribution in [3.63, 3.8) is 0 Å². The minimum absolute atomic E-state index is 0.583. The molecule has 0 radical (unpaired) electrons. The predicted octanol–water partition coefficient (Wildman–Crippen LogP) is 5.57. The lowest BCUT2D eigenvalue weighted by atomic mass is 10.00. The quantitative estimate of drug-likeness (QED) is 0.447. The van der Waals surface area contributed by atoms with E-state index in [2.05, 4.69) is 54.6 Å². The maximum absolute atomic E-state index is 5.91. The number of fused-ring (bicyclic) bond motifs is 2. The van der Waals surface area contributed by atoms with Crippen LogP contribution < -0.4 is 4.74 Å². The molecule has 0 saturated carbocycles. The molecule has 0 aliphatic carbocycles. The Labute approximate surface area is 129 Å². The zero-order chi connectivity index (χ0) is 14.8. The lowest BCUT2D eigenvalue weighted by Crippen LogP contribution is -1.96. The molecule has 0 saturated heterocycles. The second kappa shape index (κ2) is 5.53. The Kier molecular flexibility index (Phi) is 3.24. The molecule has 106 valence electrons. The van der Waals surface area contributed by atoms with Crippen molar-refractivity contribution in [3.8, 4) is 5.75 Å². The molecule has 0 aromatic heterocycles. The largest absolute Gasteiger partial charge is 0.489 e. The topological polar surface area (TPSA) is 9.23 Å². The Balaban J connectivity index is 1.75. The monoisotopic (exact) mass is 284 g/mol. The van der Waals surface area contributed by atoms with Gasteiger partial charge in [0.1, 0.15) is 12.4 Å². The summed E-state index contributed by atoms with van der Waals surface area (Å²) in [6, 6.07) is 29.3. The van der Waals surface area contributed by atoms with E-state index in [4.69, 9.17) is 4.74 Å². The minimum atomic E-state index is 0.583. The normalized spacial score (nSPS) is 10.9. The molecule has 1 heteroatoms. The Hall–Kier alpha value is -2.80. The number of rotatable bonds is 3. The van der Waals surface area contributed by atoms with Gasteiger partial charge in [0, 0.05) is 0 Å². The third-order valence-electron chi connectivity index (χ3n) is 3.97. The summed E-state index contributed by atoms with van der Waals surface area (Å²) in [6.45, 7) is 0.583. The Morgan fingerprint density at radius 1 is 0.591 bits per heavy atom. The lowest BCUT2D eigenvalue weighted by molar-refractivity contribution is 0.307. The van der Waals surface area contributed by atoms with Gasteiger partial charge in [0.25, 0.3) is 0 Å². The van der Waals surface area contributed by atoms with Gasteiger partial charge in [0.2, 0.25) is 0 Å². The summed E-state index contributed by atoms with van der Waals surface area (Å²) in [5.74, 6) is 0.903.